The highest BCUT2D eigenvalue weighted by Gasteiger charge is 2.36. The van der Waals surface area contributed by atoms with Gasteiger partial charge in [0.25, 0.3) is 0 Å². The molecule has 0 spiro atoms. The van der Waals surface area contributed by atoms with Crippen molar-refractivity contribution in [3.05, 3.63) is 109 Å². The standard InChI is InChI=1S/C31H30N4O4S/c1-22(36)39-30-21-34(19-20-35(30)28-15-11-27(12-16-28)31(32)33)40(37,38)29-17-13-26(14-18-29)25-9-7-24(8-10-25)23-5-3-2-4-6-23/h2-18,30H,19-21H2,1H3,(H3,32,33). The third kappa shape index (κ3) is 5.75. The summed E-state index contributed by atoms with van der Waals surface area (Å²) in [7, 11) is -3.83. The largest absolute Gasteiger partial charge is 0.440 e. The lowest BCUT2D eigenvalue weighted by molar-refractivity contribution is -0.147. The van der Waals surface area contributed by atoms with Crippen LogP contribution in [0.1, 0.15) is 12.5 Å². The first-order valence-corrected chi connectivity index (χ1v) is 14.3. The molecule has 1 atom stereocenters. The summed E-state index contributed by atoms with van der Waals surface area (Å²) in [6.07, 6.45) is -0.799. The zero-order valence-electron chi connectivity index (χ0n) is 22.0. The van der Waals surface area contributed by atoms with Gasteiger partial charge in [-0.25, -0.2) is 8.42 Å². The first-order chi connectivity index (χ1) is 19.2. The van der Waals surface area contributed by atoms with Crippen LogP contribution < -0.4 is 10.6 Å². The molecular formula is C31H30N4O4S. The van der Waals surface area contributed by atoms with Crippen LogP contribution in [-0.2, 0) is 19.6 Å². The molecule has 3 N–H and O–H groups in total. The van der Waals surface area contributed by atoms with E-state index in [4.69, 9.17) is 15.9 Å². The highest BCUT2D eigenvalue weighted by Crippen LogP contribution is 2.29. The van der Waals surface area contributed by atoms with Gasteiger partial charge < -0.3 is 15.4 Å². The molecule has 4 aromatic carbocycles. The summed E-state index contributed by atoms with van der Waals surface area (Å²) in [4.78, 5) is 13.9. The van der Waals surface area contributed by atoms with E-state index in [0.29, 0.717) is 12.1 Å². The van der Waals surface area contributed by atoms with E-state index in [1.54, 1.807) is 48.5 Å². The molecule has 0 aromatic heterocycles. The summed E-state index contributed by atoms with van der Waals surface area (Å²) < 4.78 is 34.0. The van der Waals surface area contributed by atoms with Crippen LogP contribution >= 0.6 is 0 Å². The second-order valence-electron chi connectivity index (χ2n) is 9.55. The molecule has 40 heavy (non-hydrogen) atoms. The summed E-state index contributed by atoms with van der Waals surface area (Å²) in [6, 6.07) is 32.1. The van der Waals surface area contributed by atoms with Gasteiger partial charge in [-0.15, -0.1) is 0 Å². The van der Waals surface area contributed by atoms with Crippen molar-refractivity contribution >= 4 is 27.5 Å². The van der Waals surface area contributed by atoms with Gasteiger partial charge >= 0.3 is 5.97 Å². The van der Waals surface area contributed by atoms with Crippen LogP contribution in [0.3, 0.4) is 0 Å². The van der Waals surface area contributed by atoms with Crippen LogP contribution in [0.25, 0.3) is 22.3 Å². The van der Waals surface area contributed by atoms with Crippen molar-refractivity contribution in [3.63, 3.8) is 0 Å². The summed E-state index contributed by atoms with van der Waals surface area (Å²) >= 11 is 0. The molecule has 1 heterocycles. The van der Waals surface area contributed by atoms with E-state index < -0.39 is 22.2 Å². The topological polar surface area (TPSA) is 117 Å². The molecule has 1 saturated heterocycles. The van der Waals surface area contributed by atoms with Crippen LogP contribution in [0.15, 0.2) is 108 Å². The molecule has 0 amide bonds. The van der Waals surface area contributed by atoms with Gasteiger partial charge in [-0.2, -0.15) is 4.31 Å². The summed E-state index contributed by atoms with van der Waals surface area (Å²) in [6.45, 7) is 1.83. The number of nitrogens with one attached hydrogen (secondary N) is 1. The number of benzene rings is 4. The van der Waals surface area contributed by atoms with E-state index in [0.717, 1.165) is 27.9 Å². The number of rotatable bonds is 7. The van der Waals surface area contributed by atoms with Crippen molar-refractivity contribution in [2.24, 2.45) is 5.73 Å². The first-order valence-electron chi connectivity index (χ1n) is 12.9. The molecule has 4 aromatic rings. The fraction of sp³-hybridized carbons (Fsp3) is 0.161. The van der Waals surface area contributed by atoms with Gasteiger partial charge in [0.1, 0.15) is 5.84 Å². The Hall–Kier alpha value is -4.47. The average Bonchev–Trinajstić information content (AvgIpc) is 2.97. The Balaban J connectivity index is 1.32. The maximum absolute atomic E-state index is 13.6. The van der Waals surface area contributed by atoms with Crippen LogP contribution in [0.5, 0.6) is 0 Å². The minimum absolute atomic E-state index is 0.0148. The molecule has 8 nitrogen and oxygen atoms in total. The van der Waals surface area contributed by atoms with E-state index >= 15 is 0 Å². The second kappa shape index (κ2) is 11.3. The molecule has 1 aliphatic heterocycles. The number of sulfonamides is 1. The summed E-state index contributed by atoms with van der Waals surface area (Å²) in [5.74, 6) is -0.550. The zero-order chi connectivity index (χ0) is 28.3. The summed E-state index contributed by atoms with van der Waals surface area (Å²) in [5.41, 5.74) is 11.0. The Bertz CT molecular complexity index is 1610. The number of piperazine rings is 1. The number of carbonyl (C=O) groups is 1. The van der Waals surface area contributed by atoms with Gasteiger partial charge in [-0.05, 0) is 58.7 Å². The van der Waals surface area contributed by atoms with Gasteiger partial charge in [-0.1, -0.05) is 66.7 Å². The molecule has 0 saturated carbocycles. The number of hydrogen-bond donors (Lipinski definition) is 2. The first kappa shape index (κ1) is 27.1. The number of hydrogen-bond acceptors (Lipinski definition) is 6. The smallest absolute Gasteiger partial charge is 0.304 e. The van der Waals surface area contributed by atoms with Crippen LogP contribution in [0, 0.1) is 5.41 Å². The van der Waals surface area contributed by atoms with Crippen molar-refractivity contribution in [2.75, 3.05) is 24.5 Å². The predicted octanol–water partition coefficient (Wildman–Crippen LogP) is 4.70. The quantitative estimate of drug-likeness (QED) is 0.194. The normalized spacial score (nSPS) is 15.9. The van der Waals surface area contributed by atoms with E-state index in [9.17, 15) is 13.2 Å². The van der Waals surface area contributed by atoms with Gasteiger partial charge in [0.15, 0.2) is 6.23 Å². The van der Waals surface area contributed by atoms with Crippen molar-refractivity contribution in [1.29, 1.82) is 5.41 Å². The molecule has 1 unspecified atom stereocenters. The average molecular weight is 555 g/mol. The number of anilines is 1. The monoisotopic (exact) mass is 554 g/mol. The van der Waals surface area contributed by atoms with Crippen molar-refractivity contribution in [3.8, 4) is 22.3 Å². The molecular weight excluding hydrogens is 524 g/mol. The van der Waals surface area contributed by atoms with Crippen LogP contribution in [0.4, 0.5) is 5.69 Å². The third-order valence-electron chi connectivity index (χ3n) is 6.93. The van der Waals surface area contributed by atoms with Gasteiger partial charge in [0.05, 0.1) is 11.4 Å². The highest BCUT2D eigenvalue weighted by molar-refractivity contribution is 7.89. The number of nitrogens with two attached hydrogens (primary N) is 1. The number of nitrogen functional groups attached to an aromatic ring is 1. The Morgan fingerprint density at radius 1 is 0.800 bits per heavy atom. The Morgan fingerprint density at radius 3 is 1.85 bits per heavy atom. The molecule has 1 aliphatic rings. The lowest BCUT2D eigenvalue weighted by Crippen LogP contribution is -2.56. The molecule has 0 bridgehead atoms. The SMILES string of the molecule is CC(=O)OC1CN(S(=O)(=O)c2ccc(-c3ccc(-c4ccccc4)cc3)cc2)CCN1c1ccc(C(=N)N)cc1. The number of ether oxygens (including phenoxy) is 1. The fourth-order valence-corrected chi connectivity index (χ4v) is 6.24. The molecule has 0 aliphatic carbocycles. The number of esters is 1. The van der Waals surface area contributed by atoms with E-state index in [2.05, 4.69) is 24.3 Å². The number of nitrogens with zero attached hydrogens (tertiary/aromatic N) is 2. The Kier molecular flexibility index (Phi) is 7.68. The minimum atomic E-state index is -3.83. The zero-order valence-corrected chi connectivity index (χ0v) is 22.8. The molecule has 0 radical (unpaired) electrons. The van der Waals surface area contributed by atoms with Gasteiger partial charge in [0, 0.05) is 31.3 Å². The fourth-order valence-electron chi connectivity index (χ4n) is 4.82. The lowest BCUT2D eigenvalue weighted by Gasteiger charge is -2.41. The maximum atomic E-state index is 13.6. The van der Waals surface area contributed by atoms with Crippen molar-refractivity contribution in [1.82, 2.24) is 4.31 Å². The van der Waals surface area contributed by atoms with Gasteiger partial charge in [-0.3, -0.25) is 10.2 Å². The highest BCUT2D eigenvalue weighted by atomic mass is 32.2. The lowest BCUT2D eigenvalue weighted by atomic mass is 10.0. The maximum Gasteiger partial charge on any atom is 0.304 e. The number of carbonyl (C=O) groups excluding carboxylic acids is 1. The van der Waals surface area contributed by atoms with Crippen LogP contribution in [-0.4, -0.2) is 50.4 Å². The predicted molar refractivity (Wildman–Crippen MR) is 156 cm³/mol. The van der Waals surface area contributed by atoms with Crippen molar-refractivity contribution in [2.45, 2.75) is 18.0 Å². The van der Waals surface area contributed by atoms with Gasteiger partial charge in [0.2, 0.25) is 10.0 Å². The Labute approximate surface area is 234 Å². The Morgan fingerprint density at radius 2 is 1.32 bits per heavy atom. The molecule has 9 heteroatoms. The second-order valence-corrected chi connectivity index (χ2v) is 11.5. The molecule has 204 valence electrons. The summed E-state index contributed by atoms with van der Waals surface area (Å²) in [5, 5.41) is 7.58. The molecule has 1 fully saturated rings. The van der Waals surface area contributed by atoms with E-state index in [1.165, 1.54) is 11.2 Å². The molecule has 5 rings (SSSR count). The van der Waals surface area contributed by atoms with E-state index in [-0.39, 0.29) is 23.8 Å². The number of amidine groups is 1. The third-order valence-corrected chi connectivity index (χ3v) is 8.81. The minimum Gasteiger partial charge on any atom is -0.440 e. The van der Waals surface area contributed by atoms with Crippen molar-refractivity contribution < 1.29 is 17.9 Å². The van der Waals surface area contributed by atoms with Crippen LogP contribution in [0.2, 0.25) is 0 Å². The van der Waals surface area contributed by atoms with E-state index in [1.807, 2.05) is 35.2 Å².